The van der Waals surface area contributed by atoms with E-state index in [-0.39, 0.29) is 30.6 Å². The number of aromatic nitrogens is 3. The molecule has 1 aromatic heterocycles. The van der Waals surface area contributed by atoms with Crippen LogP contribution in [0.4, 0.5) is 0 Å². The van der Waals surface area contributed by atoms with Gasteiger partial charge >= 0.3 is 5.97 Å². The highest BCUT2D eigenvalue weighted by atomic mass is 16.7. The minimum Gasteiger partial charge on any atom is -0.433 e. The summed E-state index contributed by atoms with van der Waals surface area (Å²) in [6, 6.07) is 7.05. The molecule has 0 spiro atoms. The fourth-order valence-electron chi connectivity index (χ4n) is 3.55. The van der Waals surface area contributed by atoms with Gasteiger partial charge in [-0.15, -0.1) is 5.10 Å². The van der Waals surface area contributed by atoms with Crippen LogP contribution in [0.25, 0.3) is 11.0 Å². The molecule has 0 radical (unpaired) electrons. The van der Waals surface area contributed by atoms with Gasteiger partial charge in [-0.2, -0.15) is 0 Å². The van der Waals surface area contributed by atoms with E-state index in [0.717, 1.165) is 11.0 Å². The number of hydrogen-bond acceptors (Lipinski definition) is 7. The molecule has 2 heterocycles. The van der Waals surface area contributed by atoms with Gasteiger partial charge in [0.05, 0.1) is 18.5 Å². The van der Waals surface area contributed by atoms with Crippen molar-refractivity contribution in [3.8, 4) is 0 Å². The Morgan fingerprint density at radius 2 is 2.10 bits per heavy atom. The van der Waals surface area contributed by atoms with Gasteiger partial charge in [-0.1, -0.05) is 31.2 Å². The molecule has 2 aromatic rings. The van der Waals surface area contributed by atoms with E-state index >= 15 is 0 Å². The van der Waals surface area contributed by atoms with Crippen molar-refractivity contribution < 1.29 is 23.9 Å². The third-order valence-corrected chi connectivity index (χ3v) is 5.23. The van der Waals surface area contributed by atoms with Gasteiger partial charge in [0.25, 0.3) is 0 Å². The van der Waals surface area contributed by atoms with Crippen LogP contribution in [0.1, 0.15) is 33.6 Å². The number of carbonyl (C=O) groups is 3. The molecule has 0 saturated carbocycles. The van der Waals surface area contributed by atoms with Crippen LogP contribution in [-0.4, -0.2) is 58.3 Å². The number of fused-ring (bicyclic) bond motifs is 1. The van der Waals surface area contributed by atoms with Crippen LogP contribution in [0.3, 0.4) is 0 Å². The lowest BCUT2D eigenvalue weighted by Gasteiger charge is -2.24. The Labute approximate surface area is 180 Å². The van der Waals surface area contributed by atoms with Crippen LogP contribution >= 0.6 is 0 Å². The summed E-state index contributed by atoms with van der Waals surface area (Å²) in [6.45, 7) is 6.76. The summed E-state index contributed by atoms with van der Waals surface area (Å²) in [5, 5.41) is 13.8. The van der Waals surface area contributed by atoms with Crippen LogP contribution in [0.2, 0.25) is 0 Å². The fourth-order valence-corrected chi connectivity index (χ4v) is 3.55. The number of carbonyl (C=O) groups excluding carboxylic acids is 3. The topological polar surface area (TPSA) is 124 Å². The fraction of sp³-hybridized carbons (Fsp3) is 0.571. The molecule has 1 fully saturated rings. The van der Waals surface area contributed by atoms with Gasteiger partial charge < -0.3 is 20.1 Å². The second-order valence-electron chi connectivity index (χ2n) is 7.84. The number of esters is 1. The summed E-state index contributed by atoms with van der Waals surface area (Å²) < 4.78 is 12.2. The molecule has 0 aliphatic carbocycles. The summed E-state index contributed by atoms with van der Waals surface area (Å²) in [6.07, 6.45) is -0.692. The molecule has 1 aliphatic rings. The number of nitrogens with zero attached hydrogens (tertiary/aromatic N) is 3. The Bertz CT molecular complexity index is 928. The van der Waals surface area contributed by atoms with E-state index < -0.39 is 24.2 Å². The lowest BCUT2D eigenvalue weighted by molar-refractivity contribution is -0.164. The van der Waals surface area contributed by atoms with Crippen molar-refractivity contribution in [1.29, 1.82) is 0 Å². The second kappa shape index (κ2) is 10.3. The minimum absolute atomic E-state index is 0.0441. The minimum atomic E-state index is -0.791. The molecule has 2 amide bonds. The zero-order chi connectivity index (χ0) is 22.4. The number of benzene rings is 1. The van der Waals surface area contributed by atoms with Crippen LogP contribution in [0.5, 0.6) is 0 Å². The standard InChI is InChI=1S/C21H29N5O5/c1-4-30-21-16(12-19(28)31-21)23-20(29)14(13(2)3)11-18(27)22-9-10-26-17-8-6-5-7-15(17)24-25-26/h5-8,13-14,16,21H,4,9-12H2,1-3H3,(H,22,27)(H,23,29). The van der Waals surface area contributed by atoms with Gasteiger partial charge in [0.15, 0.2) is 0 Å². The summed E-state index contributed by atoms with van der Waals surface area (Å²) in [7, 11) is 0. The molecule has 2 N–H and O–H groups in total. The number of cyclic esters (lactones) is 1. The average Bonchev–Trinajstić information content (AvgIpc) is 3.29. The van der Waals surface area contributed by atoms with Gasteiger partial charge in [-0.25, -0.2) is 4.68 Å². The number of hydrogen-bond donors (Lipinski definition) is 2. The SMILES string of the molecule is CCOC1OC(=O)CC1NC(=O)C(CC(=O)NCCn1nnc2ccccc21)C(C)C. The number of ether oxygens (including phenoxy) is 2. The normalized spacial score (nSPS) is 19.4. The largest absolute Gasteiger partial charge is 0.433 e. The van der Waals surface area contributed by atoms with E-state index in [1.165, 1.54) is 0 Å². The first-order valence-corrected chi connectivity index (χ1v) is 10.6. The number of rotatable bonds is 10. The first-order chi connectivity index (χ1) is 14.9. The number of amides is 2. The van der Waals surface area contributed by atoms with Crippen LogP contribution in [-0.2, 0) is 30.4 Å². The molecule has 31 heavy (non-hydrogen) atoms. The first-order valence-electron chi connectivity index (χ1n) is 10.6. The van der Waals surface area contributed by atoms with Gasteiger partial charge in [0.1, 0.15) is 11.6 Å². The van der Waals surface area contributed by atoms with Crippen molar-refractivity contribution >= 4 is 28.8 Å². The summed E-state index contributed by atoms with van der Waals surface area (Å²) in [4.78, 5) is 36.8. The lowest BCUT2D eigenvalue weighted by Crippen LogP contribution is -2.46. The second-order valence-corrected chi connectivity index (χ2v) is 7.84. The van der Waals surface area contributed by atoms with Crippen molar-refractivity contribution in [3.05, 3.63) is 24.3 Å². The highest BCUT2D eigenvalue weighted by Crippen LogP contribution is 2.20. The first kappa shape index (κ1) is 22.7. The van der Waals surface area contributed by atoms with E-state index in [1.54, 1.807) is 11.6 Å². The molecule has 1 aromatic carbocycles. The predicted octanol–water partition coefficient (Wildman–Crippen LogP) is 1.00. The highest BCUT2D eigenvalue weighted by molar-refractivity contribution is 5.86. The predicted molar refractivity (Wildman–Crippen MR) is 112 cm³/mol. The van der Waals surface area contributed by atoms with Gasteiger partial charge in [0.2, 0.25) is 18.1 Å². The smallest absolute Gasteiger partial charge is 0.310 e. The van der Waals surface area contributed by atoms with Crippen LogP contribution in [0, 0.1) is 11.8 Å². The van der Waals surface area contributed by atoms with E-state index in [9.17, 15) is 14.4 Å². The number of nitrogens with one attached hydrogen (secondary N) is 2. The maximum atomic E-state index is 12.8. The third kappa shape index (κ3) is 5.78. The zero-order valence-electron chi connectivity index (χ0n) is 18.0. The quantitative estimate of drug-likeness (QED) is 0.538. The molecule has 10 heteroatoms. The molecular formula is C21H29N5O5. The monoisotopic (exact) mass is 431 g/mol. The van der Waals surface area contributed by atoms with E-state index in [0.29, 0.717) is 19.7 Å². The summed E-state index contributed by atoms with van der Waals surface area (Å²) >= 11 is 0. The lowest BCUT2D eigenvalue weighted by atomic mass is 9.91. The highest BCUT2D eigenvalue weighted by Gasteiger charge is 2.38. The average molecular weight is 431 g/mol. The molecule has 0 bridgehead atoms. The zero-order valence-corrected chi connectivity index (χ0v) is 18.0. The molecule has 1 saturated heterocycles. The third-order valence-electron chi connectivity index (χ3n) is 5.23. The van der Waals surface area contributed by atoms with Gasteiger partial charge in [-0.05, 0) is 25.0 Å². The van der Waals surface area contributed by atoms with Crippen LogP contribution < -0.4 is 10.6 Å². The Kier molecular flexibility index (Phi) is 7.56. The molecule has 3 unspecified atom stereocenters. The molecule has 3 rings (SSSR count). The van der Waals surface area contributed by atoms with Crippen molar-refractivity contribution in [2.45, 2.75) is 52.5 Å². The van der Waals surface area contributed by atoms with E-state index in [4.69, 9.17) is 9.47 Å². The van der Waals surface area contributed by atoms with E-state index in [2.05, 4.69) is 20.9 Å². The van der Waals surface area contributed by atoms with Crippen molar-refractivity contribution in [3.63, 3.8) is 0 Å². The maximum absolute atomic E-state index is 12.8. The van der Waals surface area contributed by atoms with Crippen LogP contribution in [0.15, 0.2) is 24.3 Å². The molecular weight excluding hydrogens is 402 g/mol. The van der Waals surface area contributed by atoms with Crippen molar-refractivity contribution in [2.75, 3.05) is 13.2 Å². The van der Waals surface area contributed by atoms with Crippen molar-refractivity contribution in [1.82, 2.24) is 25.6 Å². The maximum Gasteiger partial charge on any atom is 0.310 e. The van der Waals surface area contributed by atoms with E-state index in [1.807, 2.05) is 38.1 Å². The summed E-state index contributed by atoms with van der Waals surface area (Å²) in [5.41, 5.74) is 1.69. The Balaban J connectivity index is 1.51. The summed E-state index contributed by atoms with van der Waals surface area (Å²) in [5.74, 6) is -1.53. The molecule has 3 atom stereocenters. The number of para-hydroxylation sites is 1. The molecule has 1 aliphatic heterocycles. The van der Waals surface area contributed by atoms with Crippen molar-refractivity contribution in [2.24, 2.45) is 11.8 Å². The Morgan fingerprint density at radius 1 is 1.32 bits per heavy atom. The van der Waals surface area contributed by atoms with Gasteiger partial charge in [0, 0.05) is 25.5 Å². The Morgan fingerprint density at radius 3 is 2.84 bits per heavy atom. The molecule has 168 valence electrons. The molecule has 10 nitrogen and oxygen atoms in total. The Hall–Kier alpha value is -3.01. The van der Waals surface area contributed by atoms with Gasteiger partial charge in [-0.3, -0.25) is 14.4 Å².